The fraction of sp³-hybridized carbons (Fsp3) is 0. The molecule has 0 amide bonds. The van der Waals surface area contributed by atoms with Crippen LogP contribution in [-0.2, 0) is 0 Å². The van der Waals surface area contributed by atoms with E-state index in [4.69, 9.17) is 15.0 Å². The Morgan fingerprint density at radius 2 is 0.757 bits per heavy atom. The fourth-order valence-corrected chi connectivity index (χ4v) is 10.7. The van der Waals surface area contributed by atoms with Gasteiger partial charge in [0.2, 0.25) is 0 Å². The molecule has 0 bridgehead atoms. The minimum absolute atomic E-state index is 0.608. The third kappa shape index (κ3) is 6.44. The van der Waals surface area contributed by atoms with Gasteiger partial charge in [-0.05, 0) is 86.9 Å². The van der Waals surface area contributed by atoms with Crippen molar-refractivity contribution in [3.05, 3.63) is 249 Å². The quantitative estimate of drug-likeness (QED) is 0.160. The summed E-state index contributed by atoms with van der Waals surface area (Å²) < 4.78 is 4.92. The van der Waals surface area contributed by atoms with Gasteiger partial charge in [-0.3, -0.25) is 0 Å². The van der Waals surface area contributed by atoms with Gasteiger partial charge in [0.25, 0.3) is 0 Å². The van der Waals surface area contributed by atoms with Crippen LogP contribution in [-0.4, -0.2) is 24.1 Å². The summed E-state index contributed by atoms with van der Waals surface area (Å²) in [5.41, 5.74) is 14.2. The van der Waals surface area contributed by atoms with Crippen LogP contribution in [0.2, 0.25) is 0 Å². The summed E-state index contributed by atoms with van der Waals surface area (Å²) in [4.78, 5) is 15.6. The van der Waals surface area contributed by atoms with Crippen molar-refractivity contribution in [2.45, 2.75) is 0 Å². The molecule has 0 fully saturated rings. The first-order valence-electron chi connectivity index (χ1n) is 23.8. The molecule has 0 atom stereocenters. The van der Waals surface area contributed by atoms with Gasteiger partial charge in [-0.1, -0.05) is 200 Å². The van der Waals surface area contributed by atoms with Gasteiger partial charge in [-0.2, -0.15) is 0 Å². The second-order valence-corrected chi connectivity index (χ2v) is 18.0. The summed E-state index contributed by atoms with van der Waals surface area (Å²) in [6.45, 7) is 0. The Morgan fingerprint density at radius 3 is 1.46 bits per heavy atom. The molecule has 0 aliphatic rings. The Morgan fingerprint density at radius 1 is 0.257 bits per heavy atom. The topological polar surface area (TPSA) is 48.5 Å². The Hall–Kier alpha value is -9.45. The van der Waals surface area contributed by atoms with E-state index in [1.165, 1.54) is 49.0 Å². The molecule has 5 heteroatoms. The summed E-state index contributed by atoms with van der Waals surface area (Å²) in [5, 5.41) is 9.53. The third-order valence-corrected chi connectivity index (χ3v) is 13.9. The zero-order valence-corrected chi connectivity index (χ0v) is 37.9. The van der Waals surface area contributed by atoms with Crippen molar-refractivity contribution < 1.29 is 0 Å². The number of aromatic nitrogens is 5. The molecule has 0 radical (unpaired) electrons. The Bertz CT molecular complexity index is 4310. The van der Waals surface area contributed by atoms with Crippen LogP contribution >= 0.6 is 0 Å². The first kappa shape index (κ1) is 39.7. The third-order valence-electron chi connectivity index (χ3n) is 13.9. The monoisotopic (exact) mass is 891 g/mol. The largest absolute Gasteiger partial charge is 0.309 e. The standard InChI is InChI=1S/C65H41N5/c1-5-19-42(20-6-1)43-33-35-46(36-34-43)64-66-63(45-23-9-3-10-24-45)67-65(68-64)48-37-47-25-13-14-28-50(47)58(38-48)70-57-32-18-17-30-52(57)55-39-56-60(41-59(55)70)69(49-26-11-4-12-27-49)61-40-54(44-21-7-2-8-22-44)51-29-15-16-31-53(51)62(56)61/h1-41H. The molecule has 3 aromatic heterocycles. The van der Waals surface area contributed by atoms with Crippen molar-refractivity contribution in [2.24, 2.45) is 0 Å². The van der Waals surface area contributed by atoms with Crippen LogP contribution in [0.4, 0.5) is 0 Å². The van der Waals surface area contributed by atoms with Gasteiger partial charge in [0.15, 0.2) is 17.5 Å². The maximum absolute atomic E-state index is 5.29. The normalized spacial score (nSPS) is 11.7. The van der Waals surface area contributed by atoms with Crippen LogP contribution in [0.5, 0.6) is 0 Å². The van der Waals surface area contributed by atoms with Gasteiger partial charge < -0.3 is 9.13 Å². The maximum atomic E-state index is 5.29. The molecular weight excluding hydrogens is 851 g/mol. The van der Waals surface area contributed by atoms with E-state index in [2.05, 4.69) is 234 Å². The van der Waals surface area contributed by atoms with Gasteiger partial charge in [0.1, 0.15) is 0 Å². The lowest BCUT2D eigenvalue weighted by molar-refractivity contribution is 1.07. The minimum Gasteiger partial charge on any atom is -0.309 e. The second kappa shape index (κ2) is 16.1. The lowest BCUT2D eigenvalue weighted by Crippen LogP contribution is -2.02. The molecule has 5 nitrogen and oxygen atoms in total. The summed E-state index contributed by atoms with van der Waals surface area (Å²) in [7, 11) is 0. The van der Waals surface area contributed by atoms with Gasteiger partial charge in [-0.25, -0.2) is 15.0 Å². The van der Waals surface area contributed by atoms with Gasteiger partial charge in [-0.15, -0.1) is 0 Å². The number of fused-ring (bicyclic) bond motifs is 9. The maximum Gasteiger partial charge on any atom is 0.164 e. The molecule has 0 aliphatic carbocycles. The van der Waals surface area contributed by atoms with E-state index in [9.17, 15) is 0 Å². The van der Waals surface area contributed by atoms with Crippen molar-refractivity contribution in [1.82, 2.24) is 24.1 Å². The predicted molar refractivity (Wildman–Crippen MR) is 291 cm³/mol. The highest BCUT2D eigenvalue weighted by atomic mass is 15.0. The lowest BCUT2D eigenvalue weighted by atomic mass is 9.94. The van der Waals surface area contributed by atoms with E-state index in [-0.39, 0.29) is 0 Å². The van der Waals surface area contributed by atoms with Crippen LogP contribution in [0.25, 0.3) is 133 Å². The number of benzene rings is 11. The zero-order chi connectivity index (χ0) is 46.1. The highest BCUT2D eigenvalue weighted by Crippen LogP contribution is 2.45. The van der Waals surface area contributed by atoms with Gasteiger partial charge in [0.05, 0.1) is 27.8 Å². The number of rotatable bonds is 7. The molecule has 0 spiro atoms. The van der Waals surface area contributed by atoms with Gasteiger partial charge in [0, 0.05) is 49.3 Å². The second-order valence-electron chi connectivity index (χ2n) is 18.0. The average Bonchev–Trinajstić information content (AvgIpc) is 3.94. The molecule has 14 aromatic rings. The van der Waals surface area contributed by atoms with Crippen molar-refractivity contribution in [3.63, 3.8) is 0 Å². The molecule has 0 N–H and O–H groups in total. The van der Waals surface area contributed by atoms with E-state index in [1.807, 2.05) is 24.3 Å². The fourth-order valence-electron chi connectivity index (χ4n) is 10.7. The molecule has 3 heterocycles. The summed E-state index contributed by atoms with van der Waals surface area (Å²) in [6.07, 6.45) is 0. The zero-order valence-electron chi connectivity index (χ0n) is 37.9. The predicted octanol–water partition coefficient (Wildman–Crippen LogP) is 16.7. The Balaban J connectivity index is 1.04. The highest BCUT2D eigenvalue weighted by Gasteiger charge is 2.23. The Labute approximate surface area is 403 Å². The lowest BCUT2D eigenvalue weighted by Gasteiger charge is -2.15. The number of para-hydroxylation sites is 2. The van der Waals surface area contributed by atoms with Crippen molar-refractivity contribution >= 4 is 65.2 Å². The molecule has 70 heavy (non-hydrogen) atoms. The van der Waals surface area contributed by atoms with Crippen molar-refractivity contribution in [3.8, 4) is 67.8 Å². The Kier molecular flexibility index (Phi) is 9.14. The van der Waals surface area contributed by atoms with Crippen LogP contribution in [0.1, 0.15) is 0 Å². The van der Waals surface area contributed by atoms with Crippen molar-refractivity contribution in [2.75, 3.05) is 0 Å². The molecule has 14 rings (SSSR count). The van der Waals surface area contributed by atoms with E-state index < -0.39 is 0 Å². The summed E-state index contributed by atoms with van der Waals surface area (Å²) in [6, 6.07) is 88.9. The average molecular weight is 892 g/mol. The molecular formula is C65H41N5. The van der Waals surface area contributed by atoms with Crippen LogP contribution in [0.3, 0.4) is 0 Å². The van der Waals surface area contributed by atoms with Gasteiger partial charge >= 0.3 is 0 Å². The van der Waals surface area contributed by atoms with E-state index in [1.54, 1.807) is 0 Å². The molecule has 326 valence electrons. The molecule has 0 aliphatic heterocycles. The van der Waals surface area contributed by atoms with Crippen LogP contribution < -0.4 is 0 Å². The molecule has 0 saturated carbocycles. The smallest absolute Gasteiger partial charge is 0.164 e. The van der Waals surface area contributed by atoms with Crippen molar-refractivity contribution in [1.29, 1.82) is 0 Å². The summed E-state index contributed by atoms with van der Waals surface area (Å²) >= 11 is 0. The first-order chi connectivity index (χ1) is 34.7. The number of hydrogen-bond acceptors (Lipinski definition) is 3. The number of nitrogens with zero attached hydrogens (tertiary/aromatic N) is 5. The molecule has 11 aromatic carbocycles. The van der Waals surface area contributed by atoms with Crippen LogP contribution in [0, 0.1) is 0 Å². The SMILES string of the molecule is c1ccc(-c2ccc(-c3nc(-c4ccccc4)nc(-c4cc(-n5c6ccccc6c6cc7c8c9ccccc9c(-c9ccccc9)cc8n(-c8ccccc8)c7cc65)c5ccccc5c4)n3)cc2)cc1. The van der Waals surface area contributed by atoms with E-state index in [0.717, 1.165) is 66.5 Å². The molecule has 0 unspecified atom stereocenters. The molecule has 0 saturated heterocycles. The number of hydrogen-bond donors (Lipinski definition) is 0. The summed E-state index contributed by atoms with van der Waals surface area (Å²) in [5.74, 6) is 1.85. The van der Waals surface area contributed by atoms with Crippen LogP contribution in [0.15, 0.2) is 249 Å². The highest BCUT2D eigenvalue weighted by molar-refractivity contribution is 6.27. The minimum atomic E-state index is 0.608. The van der Waals surface area contributed by atoms with E-state index >= 15 is 0 Å². The van der Waals surface area contributed by atoms with E-state index in [0.29, 0.717) is 17.5 Å². The first-order valence-corrected chi connectivity index (χ1v) is 23.8.